The minimum absolute atomic E-state index is 0.193. The van der Waals surface area contributed by atoms with Crippen LogP contribution in [0.4, 0.5) is 0 Å². The topological polar surface area (TPSA) is 83.8 Å². The van der Waals surface area contributed by atoms with Gasteiger partial charge in [-0.15, -0.1) is 5.10 Å². The number of hydrogen-bond donors (Lipinski definition) is 0. The molecule has 1 atom stereocenters. The van der Waals surface area contributed by atoms with Crippen LogP contribution in [0.1, 0.15) is 29.9 Å². The molecule has 3 aromatic rings. The normalized spacial score (nSPS) is 17.6. The number of rotatable bonds is 5. The molecule has 156 valence electrons. The molecule has 9 heteroatoms. The molecule has 0 amide bonds. The molecule has 0 aliphatic carbocycles. The lowest BCUT2D eigenvalue weighted by Gasteiger charge is -2.34. The van der Waals surface area contributed by atoms with Crippen LogP contribution in [0, 0.1) is 0 Å². The van der Waals surface area contributed by atoms with Crippen molar-refractivity contribution in [3.05, 3.63) is 47.3 Å². The molecule has 2 aromatic carbocycles. The van der Waals surface area contributed by atoms with Crippen molar-refractivity contribution in [3.63, 3.8) is 0 Å². The Morgan fingerprint density at radius 3 is 2.80 bits per heavy atom. The predicted octanol–water partition coefficient (Wildman–Crippen LogP) is 2.38. The number of ether oxygens (including phenoxy) is 4. The molecule has 0 fully saturated rings. The van der Waals surface area contributed by atoms with Gasteiger partial charge in [0, 0.05) is 12.1 Å². The van der Waals surface area contributed by atoms with Gasteiger partial charge in [0.2, 0.25) is 12.5 Å². The number of aromatic nitrogens is 4. The second-order valence-electron chi connectivity index (χ2n) is 7.23. The molecular formula is C21H23N5O4. The first kappa shape index (κ1) is 18.7. The van der Waals surface area contributed by atoms with Crippen LogP contribution in [0.2, 0.25) is 0 Å². The number of benzene rings is 2. The quantitative estimate of drug-likeness (QED) is 0.635. The summed E-state index contributed by atoms with van der Waals surface area (Å²) in [5.74, 6) is 3.56. The molecule has 2 aliphatic rings. The Morgan fingerprint density at radius 2 is 2.03 bits per heavy atom. The number of tetrazole rings is 1. The molecule has 0 saturated heterocycles. The highest BCUT2D eigenvalue weighted by Gasteiger charge is 2.37. The Kier molecular flexibility index (Phi) is 4.66. The van der Waals surface area contributed by atoms with E-state index in [2.05, 4.69) is 27.5 Å². The molecule has 0 bridgehead atoms. The average Bonchev–Trinajstić information content (AvgIpc) is 3.42. The summed E-state index contributed by atoms with van der Waals surface area (Å²) in [4.78, 5) is 2.23. The second-order valence-corrected chi connectivity index (χ2v) is 7.23. The van der Waals surface area contributed by atoms with E-state index in [9.17, 15) is 0 Å². The van der Waals surface area contributed by atoms with E-state index in [1.807, 2.05) is 37.3 Å². The zero-order valence-electron chi connectivity index (χ0n) is 17.2. The maximum Gasteiger partial charge on any atom is 0.231 e. The molecule has 30 heavy (non-hydrogen) atoms. The molecule has 0 spiro atoms. The van der Waals surface area contributed by atoms with Crippen LogP contribution in [0.15, 0.2) is 30.3 Å². The van der Waals surface area contributed by atoms with Gasteiger partial charge in [-0.05, 0) is 66.7 Å². The number of methoxy groups -OCH3 is 1. The second kappa shape index (κ2) is 7.49. The van der Waals surface area contributed by atoms with Gasteiger partial charge in [-0.2, -0.15) is 4.68 Å². The molecule has 0 radical (unpaired) electrons. The van der Waals surface area contributed by atoms with Gasteiger partial charge in [-0.3, -0.25) is 4.90 Å². The number of fused-ring (bicyclic) bond motifs is 2. The Balaban J connectivity index is 1.62. The maximum atomic E-state index is 5.79. The van der Waals surface area contributed by atoms with Crippen molar-refractivity contribution in [1.29, 1.82) is 0 Å². The van der Waals surface area contributed by atoms with E-state index in [0.717, 1.165) is 41.3 Å². The molecule has 5 rings (SSSR count). The predicted molar refractivity (Wildman–Crippen MR) is 108 cm³/mol. The fourth-order valence-corrected chi connectivity index (χ4v) is 4.16. The van der Waals surface area contributed by atoms with E-state index in [-0.39, 0.29) is 12.8 Å². The minimum atomic E-state index is -0.195. The van der Waals surface area contributed by atoms with Crippen molar-refractivity contribution >= 4 is 0 Å². The Bertz CT molecular complexity index is 1070. The third kappa shape index (κ3) is 2.93. The van der Waals surface area contributed by atoms with Gasteiger partial charge in [0.05, 0.1) is 19.4 Å². The highest BCUT2D eigenvalue weighted by atomic mass is 16.7. The van der Waals surface area contributed by atoms with Crippen molar-refractivity contribution in [2.45, 2.75) is 19.4 Å². The van der Waals surface area contributed by atoms with Crippen LogP contribution >= 0.6 is 0 Å². The highest BCUT2D eigenvalue weighted by Crippen LogP contribution is 2.50. The fraction of sp³-hybridized carbons (Fsp3) is 0.381. The Labute approximate surface area is 174 Å². The fourth-order valence-electron chi connectivity index (χ4n) is 4.16. The van der Waals surface area contributed by atoms with E-state index < -0.39 is 0 Å². The summed E-state index contributed by atoms with van der Waals surface area (Å²) in [6.07, 6.45) is 0.875. The van der Waals surface area contributed by atoms with Crippen LogP contribution in [-0.4, -0.2) is 59.2 Å². The van der Waals surface area contributed by atoms with E-state index >= 15 is 0 Å². The first-order chi connectivity index (χ1) is 14.7. The molecule has 3 heterocycles. The van der Waals surface area contributed by atoms with Gasteiger partial charge in [0.15, 0.2) is 17.3 Å². The van der Waals surface area contributed by atoms with Crippen LogP contribution < -0.4 is 18.9 Å². The Hall–Kier alpha value is -3.33. The van der Waals surface area contributed by atoms with Crippen LogP contribution in [0.3, 0.4) is 0 Å². The van der Waals surface area contributed by atoms with Gasteiger partial charge in [-0.25, -0.2) is 0 Å². The van der Waals surface area contributed by atoms with Gasteiger partial charge < -0.3 is 18.9 Å². The Morgan fingerprint density at radius 1 is 1.20 bits per heavy atom. The van der Waals surface area contributed by atoms with E-state index in [1.54, 1.807) is 11.8 Å². The van der Waals surface area contributed by atoms with Crippen LogP contribution in [0.25, 0.3) is 5.69 Å². The summed E-state index contributed by atoms with van der Waals surface area (Å²) >= 11 is 0. The summed E-state index contributed by atoms with van der Waals surface area (Å²) in [7, 11) is 3.72. The average molecular weight is 409 g/mol. The number of likely N-dealkylation sites (N-methyl/N-ethyl adjacent to an activating group) is 1. The van der Waals surface area contributed by atoms with Crippen molar-refractivity contribution in [3.8, 4) is 28.7 Å². The van der Waals surface area contributed by atoms with Crippen molar-refractivity contribution in [1.82, 2.24) is 25.1 Å². The highest BCUT2D eigenvalue weighted by molar-refractivity contribution is 5.62. The maximum absolute atomic E-state index is 5.79. The summed E-state index contributed by atoms with van der Waals surface area (Å²) < 4.78 is 24.4. The van der Waals surface area contributed by atoms with E-state index in [0.29, 0.717) is 23.9 Å². The summed E-state index contributed by atoms with van der Waals surface area (Å²) in [5.41, 5.74) is 3.02. The largest absolute Gasteiger partial charge is 0.494 e. The van der Waals surface area contributed by atoms with Gasteiger partial charge >= 0.3 is 0 Å². The van der Waals surface area contributed by atoms with Crippen LogP contribution in [0.5, 0.6) is 23.0 Å². The molecule has 9 nitrogen and oxygen atoms in total. The number of hydrogen-bond acceptors (Lipinski definition) is 8. The molecule has 1 aromatic heterocycles. The third-order valence-electron chi connectivity index (χ3n) is 5.53. The van der Waals surface area contributed by atoms with Crippen LogP contribution in [-0.2, 0) is 6.42 Å². The minimum Gasteiger partial charge on any atom is -0.494 e. The summed E-state index contributed by atoms with van der Waals surface area (Å²) in [6.45, 7) is 3.63. The lowest BCUT2D eigenvalue weighted by Crippen LogP contribution is -2.35. The summed E-state index contributed by atoms with van der Waals surface area (Å²) in [5, 5.41) is 12.6. The van der Waals surface area contributed by atoms with Gasteiger partial charge in [0.1, 0.15) is 11.8 Å². The standard InChI is InChI=1S/C21H23N5O4/c1-4-28-15-7-5-14(6-8-15)26-21(22-23-24-26)18-17-13(9-10-25(18)2)11-16-19(20(17)27-3)30-12-29-16/h5-8,11,18H,4,9-10,12H2,1-3H3. The van der Waals surface area contributed by atoms with Crippen molar-refractivity contribution in [2.75, 3.05) is 34.1 Å². The van der Waals surface area contributed by atoms with E-state index in [1.165, 1.54) is 0 Å². The van der Waals surface area contributed by atoms with Crippen molar-refractivity contribution < 1.29 is 18.9 Å². The van der Waals surface area contributed by atoms with Crippen molar-refractivity contribution in [2.24, 2.45) is 0 Å². The third-order valence-corrected chi connectivity index (χ3v) is 5.53. The zero-order valence-corrected chi connectivity index (χ0v) is 17.2. The van der Waals surface area contributed by atoms with Gasteiger partial charge in [0.25, 0.3) is 0 Å². The lowest BCUT2D eigenvalue weighted by molar-refractivity contribution is 0.170. The molecule has 0 N–H and O–H groups in total. The first-order valence-corrected chi connectivity index (χ1v) is 9.92. The van der Waals surface area contributed by atoms with Gasteiger partial charge in [-0.1, -0.05) is 0 Å². The van der Waals surface area contributed by atoms with E-state index in [4.69, 9.17) is 18.9 Å². The summed E-state index contributed by atoms with van der Waals surface area (Å²) in [6, 6.07) is 9.59. The molecule has 1 unspecified atom stereocenters. The smallest absolute Gasteiger partial charge is 0.231 e. The zero-order chi connectivity index (χ0) is 20.7. The molecule has 0 saturated carbocycles. The number of nitrogens with zero attached hydrogens (tertiary/aromatic N) is 5. The SMILES string of the molecule is CCOc1ccc(-n2nnnc2C2c3c(cc4c(c3OC)OCO4)CCN2C)cc1. The first-order valence-electron chi connectivity index (χ1n) is 9.92. The lowest BCUT2D eigenvalue weighted by atomic mass is 9.90. The molecule has 2 aliphatic heterocycles. The molecular weight excluding hydrogens is 386 g/mol. The monoisotopic (exact) mass is 409 g/mol.